The Morgan fingerprint density at radius 1 is 0.614 bits per heavy atom. The summed E-state index contributed by atoms with van der Waals surface area (Å²) in [6.07, 6.45) is 19.3. The average Bonchev–Trinajstić information content (AvgIpc) is 3.07. The molecule has 3 aromatic carbocycles. The maximum Gasteiger partial charge on any atom is 0.220 e. The van der Waals surface area contributed by atoms with E-state index in [1.807, 2.05) is 54.6 Å². The zero-order chi connectivity index (χ0) is 31.1. The molecule has 4 heteroatoms. The lowest BCUT2D eigenvalue weighted by atomic mass is 9.80. The number of aliphatic hydroxyl groups is 1. The number of aliphatic hydroxyl groups excluding tert-OH is 1. The largest absolute Gasteiger partial charge is 0.389 e. The quantitative estimate of drug-likeness (QED) is 0.0796. The standard InChI is InChI=1S/C40H57NO3/c1-2-3-4-5-6-7-8-9-10-11-12-13-14-15-25-32-39(43)41-33-38(42)34-44-40(35-26-19-16-20-27-35,36-28-21-17-22-29-36)37-30-23-18-24-31-37/h16-24,26-31,38,42H,2-15,25,32-34H2,1H3,(H,41,43). The monoisotopic (exact) mass is 599 g/mol. The molecule has 0 radical (unpaired) electrons. The predicted octanol–water partition coefficient (Wildman–Crippen LogP) is 9.73. The molecule has 0 aliphatic heterocycles. The van der Waals surface area contributed by atoms with E-state index in [-0.39, 0.29) is 19.1 Å². The molecule has 0 saturated heterocycles. The Kier molecular flexibility index (Phi) is 17.5. The molecule has 3 rings (SSSR count). The van der Waals surface area contributed by atoms with Crippen molar-refractivity contribution in [1.29, 1.82) is 0 Å². The van der Waals surface area contributed by atoms with Crippen molar-refractivity contribution in [3.8, 4) is 0 Å². The molecule has 240 valence electrons. The fourth-order valence-corrected chi connectivity index (χ4v) is 6.03. The van der Waals surface area contributed by atoms with Crippen LogP contribution in [0.15, 0.2) is 91.0 Å². The van der Waals surface area contributed by atoms with Crippen molar-refractivity contribution in [2.75, 3.05) is 13.2 Å². The first-order chi connectivity index (χ1) is 21.7. The van der Waals surface area contributed by atoms with E-state index in [9.17, 15) is 9.90 Å². The van der Waals surface area contributed by atoms with Crippen molar-refractivity contribution >= 4 is 5.91 Å². The van der Waals surface area contributed by atoms with Crippen LogP contribution in [0, 0.1) is 0 Å². The van der Waals surface area contributed by atoms with Gasteiger partial charge in [0.2, 0.25) is 5.91 Å². The second kappa shape index (κ2) is 21.7. The van der Waals surface area contributed by atoms with Gasteiger partial charge in [0.25, 0.3) is 0 Å². The van der Waals surface area contributed by atoms with Gasteiger partial charge in [0.05, 0.1) is 12.7 Å². The Morgan fingerprint density at radius 2 is 0.977 bits per heavy atom. The molecule has 3 aromatic rings. The number of amides is 1. The zero-order valence-electron chi connectivity index (χ0n) is 27.2. The molecule has 0 heterocycles. The van der Waals surface area contributed by atoms with E-state index >= 15 is 0 Å². The van der Waals surface area contributed by atoms with E-state index in [2.05, 4.69) is 48.6 Å². The van der Waals surface area contributed by atoms with Crippen LogP contribution in [0.3, 0.4) is 0 Å². The lowest BCUT2D eigenvalue weighted by Gasteiger charge is -2.36. The number of carbonyl (C=O) groups excluding carboxylic acids is 1. The van der Waals surface area contributed by atoms with Crippen molar-refractivity contribution in [3.05, 3.63) is 108 Å². The van der Waals surface area contributed by atoms with Crippen molar-refractivity contribution < 1.29 is 14.6 Å². The SMILES string of the molecule is CCCCCCCCCCCCCCCCCC(=O)NCC(O)COC(c1ccccc1)(c1ccccc1)c1ccccc1. The van der Waals surface area contributed by atoms with Gasteiger partial charge < -0.3 is 15.2 Å². The molecule has 0 fully saturated rings. The lowest BCUT2D eigenvalue weighted by Crippen LogP contribution is -2.39. The van der Waals surface area contributed by atoms with Crippen molar-refractivity contribution in [3.63, 3.8) is 0 Å². The summed E-state index contributed by atoms with van der Waals surface area (Å²) in [5.41, 5.74) is 2.08. The summed E-state index contributed by atoms with van der Waals surface area (Å²) in [6.45, 7) is 2.53. The first-order valence-corrected chi connectivity index (χ1v) is 17.4. The van der Waals surface area contributed by atoms with Gasteiger partial charge in [-0.3, -0.25) is 4.79 Å². The molecular formula is C40H57NO3. The predicted molar refractivity (Wildman–Crippen MR) is 184 cm³/mol. The smallest absolute Gasteiger partial charge is 0.220 e. The molecule has 1 amide bonds. The van der Waals surface area contributed by atoms with Gasteiger partial charge in [-0.1, -0.05) is 188 Å². The van der Waals surface area contributed by atoms with Gasteiger partial charge in [0.15, 0.2) is 0 Å². The van der Waals surface area contributed by atoms with Gasteiger partial charge in [-0.15, -0.1) is 0 Å². The minimum Gasteiger partial charge on any atom is -0.389 e. The van der Waals surface area contributed by atoms with Crippen LogP contribution in [0.4, 0.5) is 0 Å². The molecule has 0 aliphatic rings. The van der Waals surface area contributed by atoms with Gasteiger partial charge in [-0.05, 0) is 23.1 Å². The summed E-state index contributed by atoms with van der Waals surface area (Å²) in [5, 5.41) is 13.8. The van der Waals surface area contributed by atoms with Crippen LogP contribution < -0.4 is 5.32 Å². The fourth-order valence-electron chi connectivity index (χ4n) is 6.03. The summed E-state index contributed by atoms with van der Waals surface area (Å²) in [7, 11) is 0. The van der Waals surface area contributed by atoms with Crippen molar-refractivity contribution in [2.45, 2.75) is 121 Å². The number of rotatable bonds is 24. The summed E-state index contributed by atoms with van der Waals surface area (Å²) < 4.78 is 6.67. The van der Waals surface area contributed by atoms with Crippen LogP contribution in [0.5, 0.6) is 0 Å². The van der Waals surface area contributed by atoms with Crippen LogP contribution in [-0.4, -0.2) is 30.3 Å². The Labute approximate surface area is 267 Å². The Hall–Kier alpha value is -2.95. The Morgan fingerprint density at radius 3 is 1.36 bits per heavy atom. The van der Waals surface area contributed by atoms with Crippen LogP contribution >= 0.6 is 0 Å². The molecule has 44 heavy (non-hydrogen) atoms. The molecule has 2 N–H and O–H groups in total. The summed E-state index contributed by atoms with van der Waals surface area (Å²) in [4.78, 5) is 12.5. The second-order valence-corrected chi connectivity index (χ2v) is 12.2. The van der Waals surface area contributed by atoms with Gasteiger partial charge >= 0.3 is 0 Å². The third kappa shape index (κ3) is 12.6. The number of hydrogen-bond donors (Lipinski definition) is 2. The first-order valence-electron chi connectivity index (χ1n) is 17.4. The van der Waals surface area contributed by atoms with E-state index in [4.69, 9.17) is 4.74 Å². The van der Waals surface area contributed by atoms with Crippen LogP contribution in [-0.2, 0) is 15.1 Å². The van der Waals surface area contributed by atoms with Gasteiger partial charge in [0, 0.05) is 13.0 Å². The highest BCUT2D eigenvalue weighted by atomic mass is 16.5. The number of carbonyl (C=O) groups is 1. The third-order valence-electron chi connectivity index (χ3n) is 8.58. The summed E-state index contributed by atoms with van der Waals surface area (Å²) in [5.74, 6) is -0.000754. The highest BCUT2D eigenvalue weighted by molar-refractivity contribution is 5.75. The third-order valence-corrected chi connectivity index (χ3v) is 8.58. The molecule has 0 aliphatic carbocycles. The number of ether oxygens (including phenoxy) is 1. The van der Waals surface area contributed by atoms with E-state index in [0.717, 1.165) is 29.5 Å². The van der Waals surface area contributed by atoms with E-state index in [1.165, 1.54) is 83.5 Å². The minimum atomic E-state index is -0.886. The Bertz CT molecular complexity index is 1020. The maximum absolute atomic E-state index is 12.5. The fraction of sp³-hybridized carbons (Fsp3) is 0.525. The second-order valence-electron chi connectivity index (χ2n) is 12.2. The van der Waals surface area contributed by atoms with Gasteiger partial charge in [-0.25, -0.2) is 0 Å². The highest BCUT2D eigenvalue weighted by Gasteiger charge is 2.38. The number of hydrogen-bond acceptors (Lipinski definition) is 3. The summed E-state index contributed by atoms with van der Waals surface area (Å²) in [6, 6.07) is 30.4. The van der Waals surface area contributed by atoms with Crippen molar-refractivity contribution in [2.24, 2.45) is 0 Å². The highest BCUT2D eigenvalue weighted by Crippen LogP contribution is 2.40. The number of unbranched alkanes of at least 4 members (excludes halogenated alkanes) is 14. The molecule has 4 nitrogen and oxygen atoms in total. The van der Waals surface area contributed by atoms with Crippen LogP contribution in [0.1, 0.15) is 126 Å². The molecule has 0 aromatic heterocycles. The van der Waals surface area contributed by atoms with Crippen LogP contribution in [0.25, 0.3) is 0 Å². The molecule has 0 bridgehead atoms. The topological polar surface area (TPSA) is 58.6 Å². The average molecular weight is 600 g/mol. The molecular weight excluding hydrogens is 542 g/mol. The molecule has 0 spiro atoms. The first kappa shape index (κ1) is 35.5. The van der Waals surface area contributed by atoms with Crippen LogP contribution in [0.2, 0.25) is 0 Å². The Balaban J connectivity index is 1.34. The van der Waals surface area contributed by atoms with Gasteiger partial charge in [-0.2, -0.15) is 0 Å². The molecule has 1 unspecified atom stereocenters. The van der Waals surface area contributed by atoms with Crippen molar-refractivity contribution in [1.82, 2.24) is 5.32 Å². The van der Waals surface area contributed by atoms with E-state index in [1.54, 1.807) is 0 Å². The van der Waals surface area contributed by atoms with Gasteiger partial charge in [0.1, 0.15) is 5.60 Å². The number of nitrogens with one attached hydrogen (secondary N) is 1. The number of benzene rings is 3. The zero-order valence-corrected chi connectivity index (χ0v) is 27.2. The minimum absolute atomic E-state index is 0.000754. The molecule has 0 saturated carbocycles. The maximum atomic E-state index is 12.5. The summed E-state index contributed by atoms with van der Waals surface area (Å²) >= 11 is 0. The van der Waals surface area contributed by atoms with E-state index in [0.29, 0.717) is 6.42 Å². The normalized spacial score (nSPS) is 12.2. The molecule has 1 atom stereocenters. The van der Waals surface area contributed by atoms with E-state index < -0.39 is 11.7 Å². The lowest BCUT2D eigenvalue weighted by molar-refractivity contribution is -0.122.